The fourth-order valence-electron chi connectivity index (χ4n) is 0.770. The van der Waals surface area contributed by atoms with Crippen molar-refractivity contribution < 1.29 is 14.7 Å². The molecule has 0 aliphatic carbocycles. The normalized spacial score (nSPS) is 12.1. The van der Waals surface area contributed by atoms with Gasteiger partial charge < -0.3 is 5.11 Å². The first-order chi connectivity index (χ1) is 6.13. The van der Waals surface area contributed by atoms with Crippen LogP contribution in [0.2, 0.25) is 0 Å². The van der Waals surface area contributed by atoms with Crippen molar-refractivity contribution in [1.29, 1.82) is 0 Å². The van der Waals surface area contributed by atoms with E-state index in [0.717, 1.165) is 0 Å². The summed E-state index contributed by atoms with van der Waals surface area (Å²) in [6.45, 7) is 1.33. The van der Waals surface area contributed by atoms with Gasteiger partial charge in [0.2, 0.25) is 0 Å². The summed E-state index contributed by atoms with van der Waals surface area (Å²) in [6.07, 6.45) is 2.61. The molecule has 0 aliphatic rings. The van der Waals surface area contributed by atoms with Gasteiger partial charge in [-0.2, -0.15) is 0 Å². The zero-order valence-corrected chi connectivity index (χ0v) is 6.97. The second-order valence-electron chi connectivity index (χ2n) is 2.52. The molecular formula is C8H8N2O3. The van der Waals surface area contributed by atoms with E-state index in [1.165, 1.54) is 25.5 Å². The van der Waals surface area contributed by atoms with Crippen LogP contribution in [0.1, 0.15) is 17.4 Å². The van der Waals surface area contributed by atoms with E-state index < -0.39 is 17.7 Å². The monoisotopic (exact) mass is 180 g/mol. The Kier molecular flexibility index (Phi) is 2.69. The number of ketones is 1. The molecule has 0 saturated carbocycles. The number of carboxylic acids is 1. The van der Waals surface area contributed by atoms with Gasteiger partial charge in [-0.3, -0.25) is 9.59 Å². The van der Waals surface area contributed by atoms with Crippen LogP contribution in [-0.4, -0.2) is 26.8 Å². The van der Waals surface area contributed by atoms with Crippen LogP contribution in [0.4, 0.5) is 0 Å². The Bertz CT molecular complexity index is 323. The van der Waals surface area contributed by atoms with Crippen molar-refractivity contribution in [3.8, 4) is 0 Å². The smallest absolute Gasteiger partial charge is 0.314 e. The molecule has 68 valence electrons. The number of carbonyl (C=O) groups is 2. The lowest BCUT2D eigenvalue weighted by Gasteiger charge is -2.02. The predicted molar refractivity (Wildman–Crippen MR) is 43.2 cm³/mol. The van der Waals surface area contributed by atoms with Gasteiger partial charge in [0.05, 0.1) is 0 Å². The average Bonchev–Trinajstić information content (AvgIpc) is 2.17. The van der Waals surface area contributed by atoms with Gasteiger partial charge in [-0.15, -0.1) is 0 Å². The highest BCUT2D eigenvalue weighted by Gasteiger charge is 2.22. The third kappa shape index (κ3) is 2.08. The number of rotatable bonds is 3. The molecule has 1 unspecified atom stereocenters. The topological polar surface area (TPSA) is 80.1 Å². The van der Waals surface area contributed by atoms with Gasteiger partial charge in [0, 0.05) is 6.20 Å². The number of Topliss-reactive ketones (excluding diaryl/α,β-unsaturated/α-hetero) is 1. The summed E-state index contributed by atoms with van der Waals surface area (Å²) in [6, 6.07) is 1.39. The summed E-state index contributed by atoms with van der Waals surface area (Å²) in [7, 11) is 0. The van der Waals surface area contributed by atoms with Gasteiger partial charge in [0.1, 0.15) is 17.9 Å². The Hall–Kier alpha value is -1.78. The minimum atomic E-state index is -1.15. The molecule has 13 heavy (non-hydrogen) atoms. The molecule has 0 spiro atoms. The zero-order valence-electron chi connectivity index (χ0n) is 6.97. The van der Waals surface area contributed by atoms with E-state index in [1.807, 2.05) is 0 Å². The summed E-state index contributed by atoms with van der Waals surface area (Å²) in [5.74, 6) is -2.71. The molecule has 1 atom stereocenters. The second kappa shape index (κ2) is 3.75. The van der Waals surface area contributed by atoms with E-state index in [-0.39, 0.29) is 5.69 Å². The fourth-order valence-corrected chi connectivity index (χ4v) is 0.770. The van der Waals surface area contributed by atoms with E-state index in [9.17, 15) is 9.59 Å². The van der Waals surface area contributed by atoms with Gasteiger partial charge in [-0.05, 0) is 13.0 Å². The summed E-state index contributed by atoms with van der Waals surface area (Å²) in [5, 5.41) is 8.55. The zero-order chi connectivity index (χ0) is 9.84. The number of carboxylic acid groups (broad SMARTS) is 1. The van der Waals surface area contributed by atoms with Crippen LogP contribution in [0.25, 0.3) is 0 Å². The lowest BCUT2D eigenvalue weighted by molar-refractivity contribution is -0.139. The van der Waals surface area contributed by atoms with Crippen LogP contribution in [-0.2, 0) is 4.79 Å². The van der Waals surface area contributed by atoms with E-state index in [4.69, 9.17) is 5.11 Å². The number of aromatic nitrogens is 2. The lowest BCUT2D eigenvalue weighted by atomic mass is 10.0. The van der Waals surface area contributed by atoms with Crippen molar-refractivity contribution in [2.24, 2.45) is 5.92 Å². The van der Waals surface area contributed by atoms with Crippen LogP contribution >= 0.6 is 0 Å². The number of hydrogen-bond acceptors (Lipinski definition) is 4. The Morgan fingerprint density at radius 1 is 1.54 bits per heavy atom. The van der Waals surface area contributed by atoms with Crippen molar-refractivity contribution >= 4 is 11.8 Å². The molecule has 0 aromatic carbocycles. The molecule has 0 radical (unpaired) electrons. The van der Waals surface area contributed by atoms with Crippen LogP contribution in [0.5, 0.6) is 0 Å². The van der Waals surface area contributed by atoms with Crippen molar-refractivity contribution in [2.75, 3.05) is 0 Å². The number of hydrogen-bond donors (Lipinski definition) is 1. The number of nitrogens with zero attached hydrogens (tertiary/aromatic N) is 2. The van der Waals surface area contributed by atoms with Crippen LogP contribution in [0, 0.1) is 5.92 Å². The molecule has 1 heterocycles. The quantitative estimate of drug-likeness (QED) is 0.537. The fraction of sp³-hybridized carbons (Fsp3) is 0.250. The van der Waals surface area contributed by atoms with Crippen LogP contribution < -0.4 is 0 Å². The SMILES string of the molecule is CC(C(=O)O)C(=O)c1ccncn1. The van der Waals surface area contributed by atoms with Crippen molar-refractivity contribution in [3.63, 3.8) is 0 Å². The highest BCUT2D eigenvalue weighted by molar-refractivity contribution is 6.06. The molecule has 0 amide bonds. The molecule has 0 saturated heterocycles. The first-order valence-electron chi connectivity index (χ1n) is 3.66. The maximum Gasteiger partial charge on any atom is 0.314 e. The Morgan fingerprint density at radius 3 is 2.69 bits per heavy atom. The first-order valence-corrected chi connectivity index (χ1v) is 3.66. The number of aliphatic carboxylic acids is 1. The van der Waals surface area contributed by atoms with Gasteiger partial charge in [-0.25, -0.2) is 9.97 Å². The van der Waals surface area contributed by atoms with Gasteiger partial charge >= 0.3 is 5.97 Å². The second-order valence-corrected chi connectivity index (χ2v) is 2.52. The highest BCUT2D eigenvalue weighted by Crippen LogP contribution is 2.04. The molecule has 1 rings (SSSR count). The predicted octanol–water partition coefficient (Wildman–Crippen LogP) is 0.380. The van der Waals surface area contributed by atoms with Crippen LogP contribution in [0.3, 0.4) is 0 Å². The molecule has 0 fully saturated rings. The number of carbonyl (C=O) groups excluding carboxylic acids is 1. The molecule has 1 aromatic rings. The summed E-state index contributed by atoms with van der Waals surface area (Å²) >= 11 is 0. The molecule has 5 heteroatoms. The molecule has 5 nitrogen and oxygen atoms in total. The third-order valence-electron chi connectivity index (χ3n) is 1.60. The molecule has 1 N–H and O–H groups in total. The lowest BCUT2D eigenvalue weighted by Crippen LogP contribution is -2.21. The van der Waals surface area contributed by atoms with Crippen molar-refractivity contribution in [2.45, 2.75) is 6.92 Å². The highest BCUT2D eigenvalue weighted by atomic mass is 16.4. The van der Waals surface area contributed by atoms with E-state index in [2.05, 4.69) is 9.97 Å². The largest absolute Gasteiger partial charge is 0.481 e. The summed E-state index contributed by atoms with van der Waals surface area (Å²) in [5.41, 5.74) is 0.130. The minimum absolute atomic E-state index is 0.130. The van der Waals surface area contributed by atoms with Gasteiger partial charge in [0.15, 0.2) is 5.78 Å². The van der Waals surface area contributed by atoms with Gasteiger partial charge in [-0.1, -0.05) is 0 Å². The maximum atomic E-state index is 11.3. The van der Waals surface area contributed by atoms with Crippen molar-refractivity contribution in [1.82, 2.24) is 9.97 Å². The summed E-state index contributed by atoms with van der Waals surface area (Å²) in [4.78, 5) is 29.0. The van der Waals surface area contributed by atoms with Crippen LogP contribution in [0.15, 0.2) is 18.6 Å². The maximum absolute atomic E-state index is 11.3. The Balaban J connectivity index is 2.86. The molecular weight excluding hydrogens is 172 g/mol. The standard InChI is InChI=1S/C8H8N2O3/c1-5(8(12)13)7(11)6-2-3-9-4-10-6/h2-5H,1H3,(H,12,13). The Morgan fingerprint density at radius 2 is 2.23 bits per heavy atom. The van der Waals surface area contributed by atoms with E-state index in [0.29, 0.717) is 0 Å². The first kappa shape index (κ1) is 9.31. The Labute approximate surface area is 74.4 Å². The van der Waals surface area contributed by atoms with E-state index >= 15 is 0 Å². The molecule has 0 bridgehead atoms. The van der Waals surface area contributed by atoms with Crippen molar-refractivity contribution in [3.05, 3.63) is 24.3 Å². The summed E-state index contributed by atoms with van der Waals surface area (Å²) < 4.78 is 0. The average molecular weight is 180 g/mol. The minimum Gasteiger partial charge on any atom is -0.481 e. The van der Waals surface area contributed by atoms with E-state index in [1.54, 1.807) is 0 Å². The van der Waals surface area contributed by atoms with Gasteiger partial charge in [0.25, 0.3) is 0 Å². The molecule has 1 aromatic heterocycles. The molecule has 0 aliphatic heterocycles. The third-order valence-corrected chi connectivity index (χ3v) is 1.60.